The molecule has 1 aliphatic rings. The van der Waals surface area contributed by atoms with E-state index in [4.69, 9.17) is 0 Å². The molecule has 0 atom stereocenters. The molecule has 1 aliphatic carbocycles. The van der Waals surface area contributed by atoms with Crippen LogP contribution in [-0.4, -0.2) is 0 Å². The molecule has 1 heteroatoms. The molecule has 272 valence electrons. The largest absolute Gasteiger partial charge is 0.310 e. The number of nitrogens with zero attached hydrogens (tertiary/aromatic N) is 1. The fraction of sp³-hybridized carbons (Fsp3) is 0.0175. The summed E-state index contributed by atoms with van der Waals surface area (Å²) in [5.74, 6) is 0. The summed E-state index contributed by atoms with van der Waals surface area (Å²) in [5, 5.41) is 5.00. The molecule has 0 aromatic heterocycles. The lowest BCUT2D eigenvalue weighted by atomic mass is 9.68. The Morgan fingerprint density at radius 3 is 1.55 bits per heavy atom. The topological polar surface area (TPSA) is 3.24 Å². The number of rotatable bonds is 7. The van der Waals surface area contributed by atoms with Gasteiger partial charge in [-0.05, 0) is 108 Å². The summed E-state index contributed by atoms with van der Waals surface area (Å²) in [7, 11) is 0. The maximum atomic E-state index is 2.46. The number of benzene rings is 10. The zero-order valence-corrected chi connectivity index (χ0v) is 32.0. The molecule has 0 N–H and O–H groups in total. The van der Waals surface area contributed by atoms with E-state index in [9.17, 15) is 0 Å². The fourth-order valence-electron chi connectivity index (χ4n) is 9.53. The lowest BCUT2D eigenvalue weighted by Gasteiger charge is -2.34. The van der Waals surface area contributed by atoms with Crippen molar-refractivity contribution in [3.05, 3.63) is 259 Å². The summed E-state index contributed by atoms with van der Waals surface area (Å²) < 4.78 is 0. The third kappa shape index (κ3) is 5.39. The van der Waals surface area contributed by atoms with Crippen LogP contribution < -0.4 is 4.90 Å². The van der Waals surface area contributed by atoms with E-state index in [1.54, 1.807) is 0 Å². The van der Waals surface area contributed by atoms with Crippen LogP contribution in [0.4, 0.5) is 17.1 Å². The normalized spacial score (nSPS) is 12.6. The third-order valence-corrected chi connectivity index (χ3v) is 12.1. The quantitative estimate of drug-likeness (QED) is 0.157. The van der Waals surface area contributed by atoms with Crippen molar-refractivity contribution < 1.29 is 0 Å². The van der Waals surface area contributed by atoms with E-state index in [1.165, 1.54) is 77.2 Å². The molecule has 11 rings (SSSR count). The summed E-state index contributed by atoms with van der Waals surface area (Å²) in [5.41, 5.74) is 15.3. The van der Waals surface area contributed by atoms with Crippen molar-refractivity contribution in [3.8, 4) is 33.4 Å². The van der Waals surface area contributed by atoms with Gasteiger partial charge in [-0.2, -0.15) is 0 Å². The van der Waals surface area contributed by atoms with Gasteiger partial charge in [0.2, 0.25) is 0 Å². The minimum atomic E-state index is -0.492. The van der Waals surface area contributed by atoms with Gasteiger partial charge in [0.25, 0.3) is 0 Å². The van der Waals surface area contributed by atoms with Crippen molar-refractivity contribution >= 4 is 38.6 Å². The molecule has 0 radical (unpaired) electrons. The Balaban J connectivity index is 1.12. The first-order valence-electron chi connectivity index (χ1n) is 20.1. The van der Waals surface area contributed by atoms with Crippen LogP contribution in [0, 0.1) is 0 Å². The molecule has 0 saturated heterocycles. The number of fused-ring (bicyclic) bond motifs is 5. The molecule has 0 saturated carbocycles. The monoisotopic (exact) mass is 737 g/mol. The summed E-state index contributed by atoms with van der Waals surface area (Å²) in [6.45, 7) is 0. The molecular formula is C57H39N. The van der Waals surface area contributed by atoms with Crippen molar-refractivity contribution in [3.63, 3.8) is 0 Å². The Labute approximate surface area is 339 Å². The second-order valence-electron chi connectivity index (χ2n) is 15.2. The van der Waals surface area contributed by atoms with Gasteiger partial charge >= 0.3 is 0 Å². The summed E-state index contributed by atoms with van der Waals surface area (Å²) >= 11 is 0. The summed E-state index contributed by atoms with van der Waals surface area (Å²) in [6.07, 6.45) is 0. The SMILES string of the molecule is c1ccc(C2(c3ccccc3)c3ccccc3-c3c(N(c4ccc(-c5ccc6ccccc6c5)cc4)c4ccc(-c5cccc6ccccc56)cc4)cccc32)cc1. The lowest BCUT2D eigenvalue weighted by molar-refractivity contribution is 0.768. The molecule has 0 amide bonds. The van der Waals surface area contributed by atoms with E-state index in [-0.39, 0.29) is 0 Å². The zero-order valence-electron chi connectivity index (χ0n) is 32.0. The van der Waals surface area contributed by atoms with Crippen molar-refractivity contribution in [1.29, 1.82) is 0 Å². The maximum absolute atomic E-state index is 2.46. The average molecular weight is 738 g/mol. The molecule has 0 spiro atoms. The van der Waals surface area contributed by atoms with Gasteiger partial charge in [-0.3, -0.25) is 0 Å². The van der Waals surface area contributed by atoms with E-state index < -0.39 is 5.41 Å². The highest BCUT2D eigenvalue weighted by molar-refractivity contribution is 5.99. The molecule has 10 aromatic carbocycles. The first-order chi connectivity index (χ1) is 28.8. The second kappa shape index (κ2) is 13.9. The van der Waals surface area contributed by atoms with E-state index >= 15 is 0 Å². The highest BCUT2D eigenvalue weighted by Gasteiger charge is 2.47. The predicted molar refractivity (Wildman–Crippen MR) is 244 cm³/mol. The first kappa shape index (κ1) is 33.8. The Hall–Kier alpha value is -7.48. The average Bonchev–Trinajstić information content (AvgIpc) is 3.61. The first-order valence-corrected chi connectivity index (χ1v) is 20.1. The molecule has 1 nitrogen and oxygen atoms in total. The Morgan fingerprint density at radius 2 is 0.828 bits per heavy atom. The molecule has 0 heterocycles. The maximum Gasteiger partial charge on any atom is 0.0714 e. The van der Waals surface area contributed by atoms with Crippen LogP contribution in [-0.2, 0) is 5.41 Å². The number of hydrogen-bond acceptors (Lipinski definition) is 1. The molecule has 0 aliphatic heterocycles. The van der Waals surface area contributed by atoms with Gasteiger partial charge in [-0.15, -0.1) is 0 Å². The van der Waals surface area contributed by atoms with E-state index in [0.717, 1.165) is 17.1 Å². The van der Waals surface area contributed by atoms with Gasteiger partial charge in [-0.25, -0.2) is 0 Å². The van der Waals surface area contributed by atoms with Crippen LogP contribution in [0.25, 0.3) is 54.9 Å². The van der Waals surface area contributed by atoms with Gasteiger partial charge < -0.3 is 4.90 Å². The Kier molecular flexibility index (Phi) is 8.12. The van der Waals surface area contributed by atoms with E-state index in [1.807, 2.05) is 0 Å². The number of hydrogen-bond donors (Lipinski definition) is 0. The lowest BCUT2D eigenvalue weighted by Crippen LogP contribution is -2.28. The standard InChI is InChI=1S/C57H39N/c1-3-19-46(20-4-1)57(47-21-5-2-6-22-47)53-26-12-11-24-52(53)56-54(57)27-14-28-55(56)58(48-35-31-41(32-36-48)45-30-29-40-15-7-8-17-44(40)39-45)49-37-33-43(34-38-49)51-25-13-18-42-16-9-10-23-50(42)51/h1-39H. The third-order valence-electron chi connectivity index (χ3n) is 12.1. The summed E-state index contributed by atoms with van der Waals surface area (Å²) in [6, 6.07) is 86.8. The van der Waals surface area contributed by atoms with Gasteiger partial charge in [0, 0.05) is 16.9 Å². The van der Waals surface area contributed by atoms with Crippen molar-refractivity contribution in [2.75, 3.05) is 4.90 Å². The highest BCUT2D eigenvalue weighted by atomic mass is 15.1. The van der Waals surface area contributed by atoms with Gasteiger partial charge in [-0.1, -0.05) is 200 Å². The van der Waals surface area contributed by atoms with Crippen molar-refractivity contribution in [1.82, 2.24) is 0 Å². The second-order valence-corrected chi connectivity index (χ2v) is 15.2. The van der Waals surface area contributed by atoms with Crippen LogP contribution >= 0.6 is 0 Å². The van der Waals surface area contributed by atoms with Gasteiger partial charge in [0.15, 0.2) is 0 Å². The highest BCUT2D eigenvalue weighted by Crippen LogP contribution is 2.59. The fourth-order valence-corrected chi connectivity index (χ4v) is 9.53. The van der Waals surface area contributed by atoms with E-state index in [0.29, 0.717) is 0 Å². The molecule has 10 aromatic rings. The summed E-state index contributed by atoms with van der Waals surface area (Å²) in [4.78, 5) is 2.46. The van der Waals surface area contributed by atoms with Crippen LogP contribution in [0.2, 0.25) is 0 Å². The van der Waals surface area contributed by atoms with Crippen molar-refractivity contribution in [2.24, 2.45) is 0 Å². The van der Waals surface area contributed by atoms with Crippen LogP contribution in [0.3, 0.4) is 0 Å². The molecule has 58 heavy (non-hydrogen) atoms. The smallest absolute Gasteiger partial charge is 0.0714 e. The molecule has 0 unspecified atom stereocenters. The Morgan fingerprint density at radius 1 is 0.310 bits per heavy atom. The van der Waals surface area contributed by atoms with Crippen LogP contribution in [0.1, 0.15) is 22.3 Å². The van der Waals surface area contributed by atoms with E-state index in [2.05, 4.69) is 241 Å². The van der Waals surface area contributed by atoms with Gasteiger partial charge in [0.05, 0.1) is 11.1 Å². The predicted octanol–water partition coefficient (Wildman–Crippen LogP) is 15.2. The Bertz CT molecular complexity index is 3050. The van der Waals surface area contributed by atoms with Crippen LogP contribution in [0.15, 0.2) is 237 Å². The molecule has 0 fully saturated rings. The molecular weight excluding hydrogens is 699 g/mol. The molecule has 0 bridgehead atoms. The van der Waals surface area contributed by atoms with Gasteiger partial charge in [0.1, 0.15) is 0 Å². The number of anilines is 3. The minimum absolute atomic E-state index is 0.492. The zero-order chi connectivity index (χ0) is 38.5. The van der Waals surface area contributed by atoms with Crippen molar-refractivity contribution in [2.45, 2.75) is 5.41 Å². The minimum Gasteiger partial charge on any atom is -0.310 e. The van der Waals surface area contributed by atoms with Crippen LogP contribution in [0.5, 0.6) is 0 Å².